The lowest BCUT2D eigenvalue weighted by molar-refractivity contribution is 0.102. The molecule has 5 nitrogen and oxygen atoms in total. The first-order valence-corrected chi connectivity index (χ1v) is 9.24. The van der Waals surface area contributed by atoms with Gasteiger partial charge in [-0.1, -0.05) is 50.8 Å². The molecule has 0 radical (unpaired) electrons. The number of rotatable bonds is 5. The number of amides is 1. The third-order valence-electron chi connectivity index (χ3n) is 4.75. The molecule has 5 heteroatoms. The largest absolute Gasteiger partial charge is 0.351 e. The van der Waals surface area contributed by atoms with Crippen LogP contribution in [0, 0.1) is 0 Å². The summed E-state index contributed by atoms with van der Waals surface area (Å²) in [5.41, 5.74) is 2.43. The van der Waals surface area contributed by atoms with Crippen LogP contribution in [0.4, 0.5) is 11.6 Å². The zero-order valence-corrected chi connectivity index (χ0v) is 14.8. The highest BCUT2D eigenvalue weighted by atomic mass is 16.1. The van der Waals surface area contributed by atoms with Crippen molar-refractivity contribution in [2.24, 2.45) is 0 Å². The molecule has 1 heterocycles. The second-order valence-corrected chi connectivity index (χ2v) is 6.59. The van der Waals surface area contributed by atoms with Crippen LogP contribution in [-0.4, -0.2) is 21.9 Å². The fraction of sp³-hybridized carbons (Fsp3) is 0.450. The Morgan fingerprint density at radius 1 is 1.08 bits per heavy atom. The molecule has 1 fully saturated rings. The summed E-state index contributed by atoms with van der Waals surface area (Å²) in [5.74, 6) is 0.430. The van der Waals surface area contributed by atoms with Crippen LogP contribution in [0.1, 0.15) is 61.4 Å². The molecular weight excluding hydrogens is 312 g/mol. The molecule has 1 amide bonds. The molecule has 0 saturated heterocycles. The number of carbonyl (C=O) groups is 1. The first kappa shape index (κ1) is 17.4. The van der Waals surface area contributed by atoms with Gasteiger partial charge in [-0.15, -0.1) is 0 Å². The molecule has 0 spiro atoms. The molecule has 3 rings (SSSR count). The lowest BCUT2D eigenvalue weighted by Gasteiger charge is -2.16. The zero-order chi connectivity index (χ0) is 17.5. The average molecular weight is 338 g/mol. The minimum Gasteiger partial charge on any atom is -0.351 e. The molecule has 25 heavy (non-hydrogen) atoms. The van der Waals surface area contributed by atoms with Crippen molar-refractivity contribution in [1.29, 1.82) is 0 Å². The summed E-state index contributed by atoms with van der Waals surface area (Å²) in [6, 6.07) is 8.28. The summed E-state index contributed by atoms with van der Waals surface area (Å²) in [4.78, 5) is 21.1. The van der Waals surface area contributed by atoms with Crippen molar-refractivity contribution in [2.45, 2.75) is 57.9 Å². The molecule has 1 saturated carbocycles. The second-order valence-electron chi connectivity index (χ2n) is 6.59. The lowest BCUT2D eigenvalue weighted by atomic mass is 10.1. The fourth-order valence-electron chi connectivity index (χ4n) is 3.27. The number of para-hydroxylation sites is 1. The maximum absolute atomic E-state index is 12.4. The van der Waals surface area contributed by atoms with Crippen molar-refractivity contribution in [1.82, 2.24) is 9.97 Å². The van der Waals surface area contributed by atoms with Gasteiger partial charge in [-0.25, -0.2) is 9.97 Å². The van der Waals surface area contributed by atoms with Gasteiger partial charge in [-0.05, 0) is 30.9 Å². The van der Waals surface area contributed by atoms with E-state index in [2.05, 4.69) is 27.5 Å². The van der Waals surface area contributed by atoms with Gasteiger partial charge in [0, 0.05) is 24.1 Å². The molecule has 0 bridgehead atoms. The summed E-state index contributed by atoms with van der Waals surface area (Å²) < 4.78 is 0. The molecule has 0 atom stereocenters. The van der Waals surface area contributed by atoms with E-state index in [-0.39, 0.29) is 5.91 Å². The van der Waals surface area contributed by atoms with Gasteiger partial charge in [0.15, 0.2) is 0 Å². The highest BCUT2D eigenvalue weighted by Gasteiger charge is 2.14. The number of anilines is 2. The van der Waals surface area contributed by atoms with Crippen LogP contribution < -0.4 is 10.6 Å². The Morgan fingerprint density at radius 3 is 2.44 bits per heavy atom. The number of aryl methyl sites for hydroxylation is 1. The highest BCUT2D eigenvalue weighted by molar-refractivity contribution is 6.04. The van der Waals surface area contributed by atoms with Gasteiger partial charge in [0.2, 0.25) is 5.95 Å². The molecule has 2 aromatic rings. The topological polar surface area (TPSA) is 66.9 Å². The maximum Gasteiger partial charge on any atom is 0.258 e. The van der Waals surface area contributed by atoms with Gasteiger partial charge < -0.3 is 10.6 Å². The van der Waals surface area contributed by atoms with Crippen LogP contribution >= 0.6 is 0 Å². The number of carbonyl (C=O) groups excluding carboxylic acids is 1. The van der Waals surface area contributed by atoms with E-state index in [0.29, 0.717) is 17.6 Å². The highest BCUT2D eigenvalue weighted by Crippen LogP contribution is 2.20. The van der Waals surface area contributed by atoms with Crippen LogP contribution in [0.3, 0.4) is 0 Å². The molecular formula is C20H26N4O. The van der Waals surface area contributed by atoms with E-state index < -0.39 is 0 Å². The summed E-state index contributed by atoms with van der Waals surface area (Å²) in [7, 11) is 0. The molecule has 1 aliphatic rings. The first-order valence-electron chi connectivity index (χ1n) is 9.24. The molecule has 1 aromatic heterocycles. The van der Waals surface area contributed by atoms with Crippen molar-refractivity contribution in [2.75, 3.05) is 10.6 Å². The molecule has 1 aliphatic carbocycles. The summed E-state index contributed by atoms with van der Waals surface area (Å²) in [6.07, 6.45) is 11.5. The third-order valence-corrected chi connectivity index (χ3v) is 4.75. The van der Waals surface area contributed by atoms with Crippen LogP contribution in [0.15, 0.2) is 36.7 Å². The SMILES string of the molecule is CCc1ccccc1NC(=O)c1cnc(NC2CCCCCC2)nc1. The number of nitrogens with one attached hydrogen (secondary N) is 2. The van der Waals surface area contributed by atoms with Crippen LogP contribution in [0.2, 0.25) is 0 Å². The van der Waals surface area contributed by atoms with Crippen LogP contribution in [0.25, 0.3) is 0 Å². The number of hydrogen-bond acceptors (Lipinski definition) is 4. The second kappa shape index (κ2) is 8.60. The van der Waals surface area contributed by atoms with Crippen LogP contribution in [-0.2, 0) is 6.42 Å². The molecule has 0 unspecified atom stereocenters. The third kappa shape index (κ3) is 4.78. The van der Waals surface area contributed by atoms with E-state index in [1.165, 1.54) is 38.5 Å². The van der Waals surface area contributed by atoms with Gasteiger partial charge in [-0.3, -0.25) is 4.79 Å². The van der Waals surface area contributed by atoms with E-state index in [9.17, 15) is 4.79 Å². The van der Waals surface area contributed by atoms with E-state index in [1.807, 2.05) is 24.3 Å². The van der Waals surface area contributed by atoms with Crippen molar-refractivity contribution >= 4 is 17.5 Å². The van der Waals surface area contributed by atoms with Gasteiger partial charge in [0.1, 0.15) is 0 Å². The van der Waals surface area contributed by atoms with E-state index >= 15 is 0 Å². The Balaban J connectivity index is 1.62. The number of hydrogen-bond donors (Lipinski definition) is 2. The molecule has 1 aromatic carbocycles. The summed E-state index contributed by atoms with van der Waals surface area (Å²) >= 11 is 0. The minimum absolute atomic E-state index is 0.179. The predicted octanol–water partition coefficient (Wildman–Crippen LogP) is 4.43. The summed E-state index contributed by atoms with van der Waals surface area (Å²) in [6.45, 7) is 2.07. The van der Waals surface area contributed by atoms with Gasteiger partial charge in [0.05, 0.1) is 5.56 Å². The standard InChI is InChI=1S/C20H26N4O/c1-2-15-9-7-8-12-18(15)24-19(25)16-13-21-20(22-14-16)23-17-10-5-3-4-6-11-17/h7-9,12-14,17H,2-6,10-11H2,1H3,(H,24,25)(H,21,22,23). The maximum atomic E-state index is 12.4. The first-order chi connectivity index (χ1) is 12.3. The van der Waals surface area contributed by atoms with E-state index in [0.717, 1.165) is 17.7 Å². The molecule has 132 valence electrons. The quantitative estimate of drug-likeness (QED) is 0.792. The Hall–Kier alpha value is -2.43. The Kier molecular flexibility index (Phi) is 5.99. The fourth-order valence-corrected chi connectivity index (χ4v) is 3.27. The van der Waals surface area contributed by atoms with E-state index in [4.69, 9.17) is 0 Å². The minimum atomic E-state index is -0.179. The van der Waals surface area contributed by atoms with Gasteiger partial charge >= 0.3 is 0 Å². The Labute approximate surface area is 149 Å². The van der Waals surface area contributed by atoms with Crippen LogP contribution in [0.5, 0.6) is 0 Å². The zero-order valence-electron chi connectivity index (χ0n) is 14.8. The van der Waals surface area contributed by atoms with Gasteiger partial charge in [-0.2, -0.15) is 0 Å². The normalized spacial score (nSPS) is 15.4. The Morgan fingerprint density at radius 2 is 1.76 bits per heavy atom. The molecule has 0 aliphatic heterocycles. The molecule has 2 N–H and O–H groups in total. The predicted molar refractivity (Wildman–Crippen MR) is 101 cm³/mol. The van der Waals surface area contributed by atoms with Gasteiger partial charge in [0.25, 0.3) is 5.91 Å². The van der Waals surface area contributed by atoms with Crippen molar-refractivity contribution in [3.8, 4) is 0 Å². The summed E-state index contributed by atoms with van der Waals surface area (Å²) in [5, 5.41) is 6.35. The Bertz CT molecular complexity index is 691. The van der Waals surface area contributed by atoms with E-state index in [1.54, 1.807) is 12.4 Å². The smallest absolute Gasteiger partial charge is 0.258 e. The lowest BCUT2D eigenvalue weighted by Crippen LogP contribution is -2.20. The van der Waals surface area contributed by atoms with Crippen molar-refractivity contribution < 1.29 is 4.79 Å². The monoisotopic (exact) mass is 338 g/mol. The van der Waals surface area contributed by atoms with Crippen molar-refractivity contribution in [3.05, 3.63) is 47.8 Å². The number of aromatic nitrogens is 2. The van der Waals surface area contributed by atoms with Crippen molar-refractivity contribution in [3.63, 3.8) is 0 Å². The average Bonchev–Trinajstić information content (AvgIpc) is 2.91. The number of nitrogens with zero attached hydrogens (tertiary/aromatic N) is 2. The number of benzene rings is 1.